The summed E-state index contributed by atoms with van der Waals surface area (Å²) in [5.41, 5.74) is -0.515. The molecule has 0 aromatic carbocycles. The van der Waals surface area contributed by atoms with Crippen LogP contribution in [0.2, 0.25) is 0 Å². The van der Waals surface area contributed by atoms with Crippen molar-refractivity contribution in [1.29, 1.82) is 0 Å². The van der Waals surface area contributed by atoms with Crippen molar-refractivity contribution in [3.63, 3.8) is 0 Å². The highest BCUT2D eigenvalue weighted by molar-refractivity contribution is 9.13. The van der Waals surface area contributed by atoms with Crippen molar-refractivity contribution in [3.05, 3.63) is 21.0 Å². The molecule has 1 aromatic rings. The highest BCUT2D eigenvalue weighted by Gasteiger charge is 2.28. The minimum atomic E-state index is -0.515. The molecule has 1 saturated carbocycles. The summed E-state index contributed by atoms with van der Waals surface area (Å²) in [6.45, 7) is 1.29. The van der Waals surface area contributed by atoms with Crippen molar-refractivity contribution >= 4 is 31.9 Å². The highest BCUT2D eigenvalue weighted by Crippen LogP contribution is 2.28. The molecule has 96 valence electrons. The molecule has 0 saturated heterocycles. The summed E-state index contributed by atoms with van der Waals surface area (Å²) in [5.74, 6) is 0.864. The molecule has 1 aliphatic carbocycles. The number of rotatable bonds is 4. The minimum Gasteiger partial charge on any atom is -0.452 e. The first-order chi connectivity index (χ1) is 8.09. The Morgan fingerprint density at radius 2 is 2.00 bits per heavy atom. The van der Waals surface area contributed by atoms with Gasteiger partial charge in [-0.3, -0.25) is 0 Å². The number of aliphatic hydroxyl groups is 1. The van der Waals surface area contributed by atoms with E-state index >= 15 is 0 Å². The Hall–Kier alpha value is 0.160. The fourth-order valence-electron chi connectivity index (χ4n) is 2.28. The van der Waals surface area contributed by atoms with Gasteiger partial charge < -0.3 is 14.8 Å². The van der Waals surface area contributed by atoms with Crippen molar-refractivity contribution < 1.29 is 9.52 Å². The molecule has 2 rings (SSSR count). The molecule has 0 bridgehead atoms. The smallest absolute Gasteiger partial charge is 0.183 e. The lowest BCUT2D eigenvalue weighted by atomic mass is 9.85. The third-order valence-electron chi connectivity index (χ3n) is 3.23. The van der Waals surface area contributed by atoms with E-state index in [1.165, 1.54) is 6.42 Å². The first-order valence-corrected chi connectivity index (χ1v) is 7.54. The molecular formula is C12H17Br2NO2. The summed E-state index contributed by atoms with van der Waals surface area (Å²) in [6.07, 6.45) is 5.34. The van der Waals surface area contributed by atoms with Crippen LogP contribution in [0.4, 0.5) is 0 Å². The van der Waals surface area contributed by atoms with Gasteiger partial charge in [-0.1, -0.05) is 19.3 Å². The van der Waals surface area contributed by atoms with E-state index in [1.807, 2.05) is 6.07 Å². The van der Waals surface area contributed by atoms with Crippen molar-refractivity contribution in [3.8, 4) is 0 Å². The van der Waals surface area contributed by atoms with E-state index in [2.05, 4.69) is 37.2 Å². The lowest BCUT2D eigenvalue weighted by Crippen LogP contribution is -2.41. The van der Waals surface area contributed by atoms with Crippen LogP contribution in [0.1, 0.15) is 37.9 Å². The molecule has 0 amide bonds. The molecule has 5 heteroatoms. The summed E-state index contributed by atoms with van der Waals surface area (Å²) >= 11 is 6.68. The normalized spacial score (nSPS) is 19.5. The molecule has 1 heterocycles. The van der Waals surface area contributed by atoms with Gasteiger partial charge in [0, 0.05) is 6.54 Å². The van der Waals surface area contributed by atoms with E-state index in [1.54, 1.807) is 0 Å². The van der Waals surface area contributed by atoms with E-state index in [9.17, 15) is 5.11 Å². The Kier molecular flexibility index (Phi) is 4.69. The summed E-state index contributed by atoms with van der Waals surface area (Å²) in [7, 11) is 0. The van der Waals surface area contributed by atoms with E-state index in [0.29, 0.717) is 17.8 Å². The van der Waals surface area contributed by atoms with Gasteiger partial charge >= 0.3 is 0 Å². The van der Waals surface area contributed by atoms with Crippen molar-refractivity contribution in [2.45, 2.75) is 44.2 Å². The molecule has 1 fully saturated rings. The van der Waals surface area contributed by atoms with Gasteiger partial charge in [0.15, 0.2) is 4.67 Å². The maximum Gasteiger partial charge on any atom is 0.183 e. The van der Waals surface area contributed by atoms with Crippen LogP contribution in [0.3, 0.4) is 0 Å². The predicted octanol–water partition coefficient (Wildman–Crippen LogP) is 3.59. The molecule has 0 aliphatic heterocycles. The first-order valence-electron chi connectivity index (χ1n) is 5.96. The molecular weight excluding hydrogens is 350 g/mol. The van der Waals surface area contributed by atoms with Crippen LogP contribution in [0.25, 0.3) is 0 Å². The number of nitrogens with one attached hydrogen (secondary N) is 1. The Balaban J connectivity index is 1.78. The van der Waals surface area contributed by atoms with Gasteiger partial charge in [0.05, 0.1) is 16.6 Å². The Morgan fingerprint density at radius 1 is 1.29 bits per heavy atom. The SMILES string of the molecule is OC1(CNCc2cc(Br)c(Br)o2)CCCCC1. The van der Waals surface area contributed by atoms with Gasteiger partial charge in [0.25, 0.3) is 0 Å². The third-order valence-corrected chi connectivity index (χ3v) is 4.94. The summed E-state index contributed by atoms with van der Waals surface area (Å²) < 4.78 is 7.10. The van der Waals surface area contributed by atoms with Crippen LogP contribution in [0.15, 0.2) is 19.6 Å². The lowest BCUT2D eigenvalue weighted by molar-refractivity contribution is 0.00437. The predicted molar refractivity (Wildman–Crippen MR) is 73.8 cm³/mol. The van der Waals surface area contributed by atoms with E-state index in [0.717, 1.165) is 35.9 Å². The summed E-state index contributed by atoms with van der Waals surface area (Å²) in [5, 5.41) is 13.6. The number of hydrogen-bond acceptors (Lipinski definition) is 3. The zero-order valence-corrected chi connectivity index (χ0v) is 12.8. The maximum atomic E-state index is 10.3. The van der Waals surface area contributed by atoms with Crippen molar-refractivity contribution in [2.24, 2.45) is 0 Å². The van der Waals surface area contributed by atoms with Gasteiger partial charge in [-0.15, -0.1) is 0 Å². The first kappa shape index (κ1) is 13.6. The second-order valence-electron chi connectivity index (χ2n) is 4.72. The molecule has 0 atom stereocenters. The highest BCUT2D eigenvalue weighted by atomic mass is 79.9. The van der Waals surface area contributed by atoms with Crippen LogP contribution in [0.5, 0.6) is 0 Å². The average molecular weight is 367 g/mol. The molecule has 1 aliphatic rings. The Morgan fingerprint density at radius 3 is 2.59 bits per heavy atom. The van der Waals surface area contributed by atoms with E-state index in [-0.39, 0.29) is 0 Å². The molecule has 2 N–H and O–H groups in total. The average Bonchev–Trinajstić information content (AvgIpc) is 2.59. The van der Waals surface area contributed by atoms with Gasteiger partial charge in [-0.25, -0.2) is 0 Å². The topological polar surface area (TPSA) is 45.4 Å². The maximum absolute atomic E-state index is 10.3. The third kappa shape index (κ3) is 3.81. The zero-order valence-electron chi connectivity index (χ0n) is 9.64. The van der Waals surface area contributed by atoms with Crippen LogP contribution in [0, 0.1) is 0 Å². The summed E-state index contributed by atoms with van der Waals surface area (Å²) in [6, 6.07) is 1.93. The second kappa shape index (κ2) is 5.87. The molecule has 0 spiro atoms. The van der Waals surface area contributed by atoms with E-state index in [4.69, 9.17) is 4.42 Å². The van der Waals surface area contributed by atoms with Gasteiger partial charge in [-0.2, -0.15) is 0 Å². The van der Waals surface area contributed by atoms with Crippen LogP contribution >= 0.6 is 31.9 Å². The van der Waals surface area contributed by atoms with E-state index < -0.39 is 5.60 Å². The number of hydrogen-bond donors (Lipinski definition) is 2. The lowest BCUT2D eigenvalue weighted by Gasteiger charge is -2.32. The number of halogens is 2. The molecule has 0 radical (unpaired) electrons. The van der Waals surface area contributed by atoms with Crippen LogP contribution in [-0.2, 0) is 6.54 Å². The second-order valence-corrected chi connectivity index (χ2v) is 6.30. The van der Waals surface area contributed by atoms with Gasteiger partial charge in [0.1, 0.15) is 5.76 Å². The molecule has 1 aromatic heterocycles. The van der Waals surface area contributed by atoms with Crippen molar-refractivity contribution in [1.82, 2.24) is 5.32 Å². The van der Waals surface area contributed by atoms with Crippen LogP contribution < -0.4 is 5.32 Å². The van der Waals surface area contributed by atoms with Crippen molar-refractivity contribution in [2.75, 3.05) is 6.54 Å². The van der Waals surface area contributed by atoms with Crippen LogP contribution in [-0.4, -0.2) is 17.3 Å². The number of furan rings is 1. The fourth-order valence-corrected chi connectivity index (χ4v) is 2.94. The monoisotopic (exact) mass is 365 g/mol. The molecule has 3 nitrogen and oxygen atoms in total. The minimum absolute atomic E-state index is 0.515. The largest absolute Gasteiger partial charge is 0.452 e. The Labute approximate surface area is 118 Å². The van der Waals surface area contributed by atoms with Gasteiger partial charge in [-0.05, 0) is 50.8 Å². The molecule has 0 unspecified atom stereocenters. The standard InChI is InChI=1S/C12H17Br2NO2/c13-10-6-9(17-11(10)14)7-15-8-12(16)4-2-1-3-5-12/h6,15-16H,1-5,7-8H2. The quantitative estimate of drug-likeness (QED) is 0.855. The fraction of sp³-hybridized carbons (Fsp3) is 0.667. The Bertz CT molecular complexity index is 353. The summed E-state index contributed by atoms with van der Waals surface area (Å²) in [4.78, 5) is 0. The zero-order chi connectivity index (χ0) is 12.3. The van der Waals surface area contributed by atoms with Gasteiger partial charge in [0.2, 0.25) is 0 Å². The molecule has 17 heavy (non-hydrogen) atoms.